The predicted molar refractivity (Wildman–Crippen MR) is 119 cm³/mol. The smallest absolute Gasteiger partial charge is 0.240 e. The Morgan fingerprint density at radius 1 is 1.13 bits per heavy atom. The minimum Gasteiger partial charge on any atom is -0.371 e. The maximum absolute atomic E-state index is 12.8. The molecule has 0 bridgehead atoms. The predicted octanol–water partition coefficient (Wildman–Crippen LogP) is 3.31. The van der Waals surface area contributed by atoms with Crippen molar-refractivity contribution in [3.8, 4) is 0 Å². The normalized spacial score (nSPS) is 19.1. The van der Waals surface area contributed by atoms with E-state index in [4.69, 9.17) is 0 Å². The van der Waals surface area contributed by atoms with E-state index in [0.29, 0.717) is 18.9 Å². The molecule has 0 aliphatic carbocycles. The van der Waals surface area contributed by atoms with Gasteiger partial charge in [0.25, 0.3) is 0 Å². The summed E-state index contributed by atoms with van der Waals surface area (Å²) >= 11 is 0. The van der Waals surface area contributed by atoms with Gasteiger partial charge in [0, 0.05) is 44.5 Å². The van der Waals surface area contributed by atoms with Gasteiger partial charge in [0.05, 0.1) is 4.90 Å². The molecule has 6 nitrogen and oxygen atoms in total. The Bertz CT molecular complexity index is 1030. The van der Waals surface area contributed by atoms with Crippen molar-refractivity contribution in [1.29, 1.82) is 0 Å². The molecule has 2 aliphatic rings. The number of carbonyl (C=O) groups excluding carboxylic acids is 1. The number of amides is 1. The summed E-state index contributed by atoms with van der Waals surface area (Å²) in [6.45, 7) is 6.81. The van der Waals surface area contributed by atoms with Crippen LogP contribution in [-0.4, -0.2) is 34.0 Å². The van der Waals surface area contributed by atoms with Gasteiger partial charge in [0.15, 0.2) is 0 Å². The fourth-order valence-corrected chi connectivity index (χ4v) is 5.45. The van der Waals surface area contributed by atoms with E-state index in [1.165, 1.54) is 25.5 Å². The quantitative estimate of drug-likeness (QED) is 0.795. The third kappa shape index (κ3) is 4.37. The number of anilines is 2. The summed E-state index contributed by atoms with van der Waals surface area (Å²) in [6, 6.07) is 13.1. The topological polar surface area (TPSA) is 69.7 Å². The molecule has 160 valence electrons. The molecule has 0 aromatic heterocycles. The molecule has 30 heavy (non-hydrogen) atoms. The summed E-state index contributed by atoms with van der Waals surface area (Å²) in [5.41, 5.74) is 3.83. The van der Waals surface area contributed by atoms with Crippen LogP contribution in [0.5, 0.6) is 0 Å². The van der Waals surface area contributed by atoms with Gasteiger partial charge in [0.1, 0.15) is 0 Å². The number of sulfonamides is 1. The summed E-state index contributed by atoms with van der Waals surface area (Å²) in [5.74, 6) is 0.685. The summed E-state index contributed by atoms with van der Waals surface area (Å²) in [7, 11) is -3.62. The SMILES string of the molecule is CC(=O)N1CCc2cc(S(=O)(=O)NCc3ccc(N4CCC[C@H](C)C4)cc3)ccc21. The van der Waals surface area contributed by atoms with Crippen LogP contribution in [0.3, 0.4) is 0 Å². The summed E-state index contributed by atoms with van der Waals surface area (Å²) in [4.78, 5) is 16.0. The number of hydrogen-bond donors (Lipinski definition) is 1. The van der Waals surface area contributed by atoms with Crippen molar-refractivity contribution in [3.05, 3.63) is 53.6 Å². The molecule has 2 aromatic carbocycles. The molecule has 4 rings (SSSR count). The fraction of sp³-hybridized carbons (Fsp3) is 0.435. The second kappa shape index (κ2) is 8.40. The van der Waals surface area contributed by atoms with Gasteiger partial charge < -0.3 is 9.80 Å². The fourth-order valence-electron chi connectivity index (χ4n) is 4.38. The van der Waals surface area contributed by atoms with Crippen LogP contribution in [0, 0.1) is 5.92 Å². The number of hydrogen-bond acceptors (Lipinski definition) is 4. The third-order valence-electron chi connectivity index (χ3n) is 6.06. The number of benzene rings is 2. The van der Waals surface area contributed by atoms with Crippen LogP contribution in [0.1, 0.15) is 37.8 Å². The molecule has 0 unspecified atom stereocenters. The Labute approximate surface area is 178 Å². The minimum atomic E-state index is -3.62. The summed E-state index contributed by atoms with van der Waals surface area (Å²) in [5, 5.41) is 0. The Morgan fingerprint density at radius 3 is 2.60 bits per heavy atom. The molecule has 2 aromatic rings. The molecule has 2 heterocycles. The molecule has 0 spiro atoms. The van der Waals surface area contributed by atoms with Gasteiger partial charge in [-0.05, 0) is 66.6 Å². The van der Waals surface area contributed by atoms with Gasteiger partial charge in [0.2, 0.25) is 15.9 Å². The van der Waals surface area contributed by atoms with Gasteiger partial charge in [-0.25, -0.2) is 13.1 Å². The van der Waals surface area contributed by atoms with Gasteiger partial charge in [-0.3, -0.25) is 4.79 Å². The van der Waals surface area contributed by atoms with Gasteiger partial charge in [-0.2, -0.15) is 0 Å². The van der Waals surface area contributed by atoms with E-state index in [1.54, 1.807) is 23.1 Å². The number of piperidine rings is 1. The van der Waals surface area contributed by atoms with Gasteiger partial charge in [-0.1, -0.05) is 19.1 Å². The van der Waals surface area contributed by atoms with Crippen molar-refractivity contribution in [1.82, 2.24) is 4.72 Å². The molecule has 1 saturated heterocycles. The highest BCUT2D eigenvalue weighted by Crippen LogP contribution is 2.30. The van der Waals surface area contributed by atoms with Gasteiger partial charge in [-0.15, -0.1) is 0 Å². The highest BCUT2D eigenvalue weighted by molar-refractivity contribution is 7.89. The lowest BCUT2D eigenvalue weighted by Gasteiger charge is -2.32. The van der Waals surface area contributed by atoms with Crippen LogP contribution >= 0.6 is 0 Å². The first kappa shape index (κ1) is 20.9. The molecule has 0 radical (unpaired) electrons. The van der Waals surface area contributed by atoms with Crippen molar-refractivity contribution in [2.45, 2.75) is 44.6 Å². The lowest BCUT2D eigenvalue weighted by molar-refractivity contribution is -0.116. The van der Waals surface area contributed by atoms with E-state index >= 15 is 0 Å². The zero-order chi connectivity index (χ0) is 21.3. The molecule has 1 N–H and O–H groups in total. The molecule has 7 heteroatoms. The van der Waals surface area contributed by atoms with Crippen LogP contribution in [0.15, 0.2) is 47.4 Å². The maximum atomic E-state index is 12.8. The molecule has 1 atom stereocenters. The summed E-state index contributed by atoms with van der Waals surface area (Å²) in [6.07, 6.45) is 3.17. The number of nitrogens with zero attached hydrogens (tertiary/aromatic N) is 2. The largest absolute Gasteiger partial charge is 0.371 e. The van der Waals surface area contributed by atoms with E-state index in [2.05, 4.69) is 28.7 Å². The average molecular weight is 428 g/mol. The van der Waals surface area contributed by atoms with Crippen LogP contribution in [0.25, 0.3) is 0 Å². The monoisotopic (exact) mass is 427 g/mol. The minimum absolute atomic E-state index is 0.0232. The zero-order valence-corrected chi connectivity index (χ0v) is 18.4. The first-order chi connectivity index (χ1) is 14.3. The highest BCUT2D eigenvalue weighted by atomic mass is 32.2. The Balaban J connectivity index is 1.41. The number of nitrogens with one attached hydrogen (secondary N) is 1. The molecule has 0 saturated carbocycles. The molecular weight excluding hydrogens is 398 g/mol. The molecule has 1 fully saturated rings. The van der Waals surface area contributed by atoms with E-state index in [9.17, 15) is 13.2 Å². The third-order valence-corrected chi connectivity index (χ3v) is 7.46. The molecule has 2 aliphatic heterocycles. The van der Waals surface area contributed by atoms with Crippen molar-refractivity contribution < 1.29 is 13.2 Å². The number of carbonyl (C=O) groups is 1. The van der Waals surface area contributed by atoms with Crippen LogP contribution in [0.2, 0.25) is 0 Å². The second-order valence-corrected chi connectivity index (χ2v) is 10.2. The lowest BCUT2D eigenvalue weighted by atomic mass is 9.99. The van der Waals surface area contributed by atoms with E-state index in [1.807, 2.05) is 12.1 Å². The van der Waals surface area contributed by atoms with Crippen molar-refractivity contribution in [3.63, 3.8) is 0 Å². The Kier molecular flexibility index (Phi) is 5.84. The first-order valence-electron chi connectivity index (χ1n) is 10.6. The number of rotatable bonds is 5. The molecular formula is C23H29N3O3S. The first-order valence-corrected chi connectivity index (χ1v) is 12.1. The zero-order valence-electron chi connectivity index (χ0n) is 17.6. The van der Waals surface area contributed by atoms with Crippen LogP contribution in [0.4, 0.5) is 11.4 Å². The molecule has 1 amide bonds. The average Bonchev–Trinajstić information content (AvgIpc) is 3.16. The van der Waals surface area contributed by atoms with Crippen LogP contribution in [-0.2, 0) is 27.8 Å². The van der Waals surface area contributed by atoms with E-state index < -0.39 is 10.0 Å². The van der Waals surface area contributed by atoms with Crippen molar-refractivity contribution in [2.24, 2.45) is 5.92 Å². The maximum Gasteiger partial charge on any atom is 0.240 e. The second-order valence-electron chi connectivity index (χ2n) is 8.40. The van der Waals surface area contributed by atoms with Gasteiger partial charge >= 0.3 is 0 Å². The van der Waals surface area contributed by atoms with Crippen molar-refractivity contribution in [2.75, 3.05) is 29.4 Å². The standard InChI is InChI=1S/C23H29N3O3S/c1-17-4-3-12-25(16-17)21-7-5-19(6-8-21)15-24-30(28,29)22-9-10-23-20(14-22)11-13-26(23)18(2)27/h5-10,14,17,24H,3-4,11-13,15-16H2,1-2H3/t17-/m0/s1. The van der Waals surface area contributed by atoms with E-state index in [0.717, 1.165) is 29.9 Å². The number of fused-ring (bicyclic) bond motifs is 1. The Hall–Kier alpha value is -2.38. The van der Waals surface area contributed by atoms with E-state index in [-0.39, 0.29) is 17.3 Å². The van der Waals surface area contributed by atoms with Crippen molar-refractivity contribution >= 4 is 27.3 Å². The Morgan fingerprint density at radius 2 is 1.90 bits per heavy atom. The van der Waals surface area contributed by atoms with Crippen LogP contribution < -0.4 is 14.5 Å². The lowest BCUT2D eigenvalue weighted by Crippen LogP contribution is -2.34. The summed E-state index contributed by atoms with van der Waals surface area (Å²) < 4.78 is 28.2. The highest BCUT2D eigenvalue weighted by Gasteiger charge is 2.24.